The standard InChI is InChI=1S/C22H17ClN4OS/c23-18-4-1-3-16(13-18)6-7-19-15-29-22(25-19)26-21(28)20-5-2-12-27(20)14-17-8-10-24-11-9-17/h1-13,15H,14H2,(H,25,26,28)/b7-6+. The molecule has 144 valence electrons. The molecule has 5 nitrogen and oxygen atoms in total. The minimum atomic E-state index is -0.191. The van der Waals surface area contributed by atoms with E-state index in [0.717, 1.165) is 16.8 Å². The average Bonchev–Trinajstić information content (AvgIpc) is 3.37. The van der Waals surface area contributed by atoms with Gasteiger partial charge >= 0.3 is 0 Å². The number of carbonyl (C=O) groups excluding carboxylic acids is 1. The van der Waals surface area contributed by atoms with E-state index in [2.05, 4.69) is 15.3 Å². The van der Waals surface area contributed by atoms with Crippen LogP contribution in [0.1, 0.15) is 27.3 Å². The van der Waals surface area contributed by atoms with Crippen LogP contribution in [0.2, 0.25) is 5.02 Å². The molecule has 0 fully saturated rings. The van der Waals surface area contributed by atoms with Gasteiger partial charge in [-0.05, 0) is 53.6 Å². The molecule has 29 heavy (non-hydrogen) atoms. The Kier molecular flexibility index (Phi) is 5.84. The molecule has 3 aromatic heterocycles. The summed E-state index contributed by atoms with van der Waals surface area (Å²) in [6, 6.07) is 15.1. The number of hydrogen-bond donors (Lipinski definition) is 1. The fourth-order valence-corrected chi connectivity index (χ4v) is 3.69. The summed E-state index contributed by atoms with van der Waals surface area (Å²) in [6.45, 7) is 0.601. The molecule has 0 saturated carbocycles. The van der Waals surface area contributed by atoms with Gasteiger partial charge in [0.2, 0.25) is 0 Å². The van der Waals surface area contributed by atoms with Gasteiger partial charge in [0, 0.05) is 35.5 Å². The van der Waals surface area contributed by atoms with Crippen LogP contribution in [-0.2, 0) is 6.54 Å². The van der Waals surface area contributed by atoms with E-state index in [-0.39, 0.29) is 5.91 Å². The number of amides is 1. The van der Waals surface area contributed by atoms with Crippen LogP contribution in [0.15, 0.2) is 72.5 Å². The number of carbonyl (C=O) groups is 1. The van der Waals surface area contributed by atoms with Crippen molar-refractivity contribution in [2.75, 3.05) is 5.32 Å². The van der Waals surface area contributed by atoms with Gasteiger partial charge in [-0.25, -0.2) is 4.98 Å². The molecular weight excluding hydrogens is 404 g/mol. The van der Waals surface area contributed by atoms with Crippen molar-refractivity contribution in [1.82, 2.24) is 14.5 Å². The first-order valence-electron chi connectivity index (χ1n) is 8.92. The number of nitrogens with one attached hydrogen (secondary N) is 1. The Morgan fingerprint density at radius 3 is 2.83 bits per heavy atom. The van der Waals surface area contributed by atoms with E-state index in [1.54, 1.807) is 18.5 Å². The summed E-state index contributed by atoms with van der Waals surface area (Å²) < 4.78 is 1.90. The summed E-state index contributed by atoms with van der Waals surface area (Å²) in [5.41, 5.74) is 3.42. The maximum atomic E-state index is 12.7. The zero-order valence-electron chi connectivity index (χ0n) is 15.3. The molecule has 0 unspecified atom stereocenters. The Balaban J connectivity index is 1.43. The van der Waals surface area contributed by atoms with Crippen LogP contribution in [0, 0.1) is 0 Å². The van der Waals surface area contributed by atoms with Crippen molar-refractivity contribution in [1.29, 1.82) is 0 Å². The average molecular weight is 421 g/mol. The summed E-state index contributed by atoms with van der Waals surface area (Å²) in [5, 5.41) is 6.02. The molecule has 4 aromatic rings. The fraction of sp³-hybridized carbons (Fsp3) is 0.0455. The van der Waals surface area contributed by atoms with E-state index >= 15 is 0 Å². The Morgan fingerprint density at radius 1 is 1.14 bits per heavy atom. The quantitative estimate of drug-likeness (QED) is 0.450. The number of benzene rings is 1. The van der Waals surface area contributed by atoms with Gasteiger partial charge in [0.25, 0.3) is 5.91 Å². The topological polar surface area (TPSA) is 59.8 Å². The third-order valence-electron chi connectivity index (χ3n) is 4.20. The summed E-state index contributed by atoms with van der Waals surface area (Å²) >= 11 is 7.39. The van der Waals surface area contributed by atoms with Gasteiger partial charge < -0.3 is 4.57 Å². The van der Waals surface area contributed by atoms with E-state index in [0.29, 0.717) is 22.4 Å². The van der Waals surface area contributed by atoms with Crippen LogP contribution in [0.4, 0.5) is 5.13 Å². The molecule has 0 spiro atoms. The highest BCUT2D eigenvalue weighted by Gasteiger charge is 2.13. The smallest absolute Gasteiger partial charge is 0.274 e. The Hall–Kier alpha value is -3.22. The molecule has 0 aliphatic heterocycles. The van der Waals surface area contributed by atoms with Gasteiger partial charge in [0.1, 0.15) is 5.69 Å². The van der Waals surface area contributed by atoms with Crippen molar-refractivity contribution in [3.63, 3.8) is 0 Å². The first-order chi connectivity index (χ1) is 14.2. The SMILES string of the molecule is O=C(Nc1nc(/C=C/c2cccc(Cl)c2)cs1)c1cccn1Cc1ccncc1. The number of aromatic nitrogens is 3. The first-order valence-corrected chi connectivity index (χ1v) is 10.2. The van der Waals surface area contributed by atoms with Gasteiger partial charge in [-0.1, -0.05) is 29.8 Å². The number of rotatable bonds is 6. The highest BCUT2D eigenvalue weighted by molar-refractivity contribution is 7.14. The van der Waals surface area contributed by atoms with Crippen LogP contribution < -0.4 is 5.32 Å². The van der Waals surface area contributed by atoms with Crippen molar-refractivity contribution in [3.05, 3.63) is 100 Å². The largest absolute Gasteiger partial charge is 0.339 e. The van der Waals surface area contributed by atoms with Gasteiger partial charge in [-0.3, -0.25) is 15.1 Å². The second-order valence-corrected chi connectivity index (χ2v) is 7.59. The van der Waals surface area contributed by atoms with Crippen LogP contribution in [0.25, 0.3) is 12.2 Å². The molecule has 4 rings (SSSR count). The predicted octanol–water partition coefficient (Wildman–Crippen LogP) is 5.46. The molecule has 0 aliphatic rings. The molecule has 3 heterocycles. The molecule has 0 radical (unpaired) electrons. The lowest BCUT2D eigenvalue weighted by atomic mass is 10.2. The predicted molar refractivity (Wildman–Crippen MR) is 118 cm³/mol. The van der Waals surface area contributed by atoms with Gasteiger partial charge in [-0.2, -0.15) is 0 Å². The van der Waals surface area contributed by atoms with E-state index in [4.69, 9.17) is 11.6 Å². The lowest BCUT2D eigenvalue weighted by molar-refractivity contribution is 0.101. The van der Waals surface area contributed by atoms with Crippen LogP contribution in [0.5, 0.6) is 0 Å². The minimum Gasteiger partial charge on any atom is -0.339 e. The van der Waals surface area contributed by atoms with Crippen LogP contribution in [-0.4, -0.2) is 20.4 Å². The number of anilines is 1. The Morgan fingerprint density at radius 2 is 2.00 bits per heavy atom. The first kappa shape index (κ1) is 19.1. The maximum Gasteiger partial charge on any atom is 0.274 e. The van der Waals surface area contributed by atoms with E-state index < -0.39 is 0 Å². The van der Waals surface area contributed by atoms with Gasteiger partial charge in [-0.15, -0.1) is 11.3 Å². The van der Waals surface area contributed by atoms with Gasteiger partial charge in [0.15, 0.2) is 5.13 Å². The lowest BCUT2D eigenvalue weighted by Gasteiger charge is -2.08. The third kappa shape index (κ3) is 4.99. The molecule has 0 saturated heterocycles. The van der Waals surface area contributed by atoms with Crippen LogP contribution >= 0.6 is 22.9 Å². The van der Waals surface area contributed by atoms with Crippen LogP contribution in [0.3, 0.4) is 0 Å². The lowest BCUT2D eigenvalue weighted by Crippen LogP contribution is -2.17. The zero-order chi connectivity index (χ0) is 20.1. The molecule has 0 atom stereocenters. The minimum absolute atomic E-state index is 0.191. The molecular formula is C22H17ClN4OS. The fourth-order valence-electron chi connectivity index (χ4n) is 2.82. The summed E-state index contributed by atoms with van der Waals surface area (Å²) in [4.78, 5) is 21.2. The molecule has 1 aromatic carbocycles. The monoisotopic (exact) mass is 420 g/mol. The molecule has 0 bridgehead atoms. The number of hydrogen-bond acceptors (Lipinski definition) is 4. The Labute approximate surface area is 177 Å². The van der Waals surface area contributed by atoms with Gasteiger partial charge in [0.05, 0.1) is 5.69 Å². The van der Waals surface area contributed by atoms with Crippen molar-refractivity contribution in [2.24, 2.45) is 0 Å². The summed E-state index contributed by atoms with van der Waals surface area (Å²) in [7, 11) is 0. The normalized spacial score (nSPS) is 11.1. The highest BCUT2D eigenvalue weighted by atomic mass is 35.5. The highest BCUT2D eigenvalue weighted by Crippen LogP contribution is 2.20. The van der Waals surface area contributed by atoms with E-state index in [9.17, 15) is 4.79 Å². The third-order valence-corrected chi connectivity index (χ3v) is 5.21. The zero-order valence-corrected chi connectivity index (χ0v) is 16.9. The maximum absolute atomic E-state index is 12.7. The van der Waals surface area contributed by atoms with E-state index in [1.807, 2.05) is 70.8 Å². The molecule has 0 aliphatic carbocycles. The second-order valence-electron chi connectivity index (χ2n) is 6.30. The molecule has 7 heteroatoms. The van der Waals surface area contributed by atoms with Crippen molar-refractivity contribution in [3.8, 4) is 0 Å². The summed E-state index contributed by atoms with van der Waals surface area (Å²) in [5.74, 6) is -0.191. The second kappa shape index (κ2) is 8.86. The number of nitrogens with zero attached hydrogens (tertiary/aromatic N) is 3. The van der Waals surface area contributed by atoms with E-state index in [1.165, 1.54) is 11.3 Å². The summed E-state index contributed by atoms with van der Waals surface area (Å²) in [6.07, 6.45) is 9.20. The number of thiazole rings is 1. The Bertz CT molecular complexity index is 1150. The number of pyridine rings is 1. The van der Waals surface area contributed by atoms with Crippen molar-refractivity contribution >= 4 is 46.1 Å². The number of halogens is 1. The van der Waals surface area contributed by atoms with Crippen molar-refractivity contribution in [2.45, 2.75) is 6.54 Å². The van der Waals surface area contributed by atoms with Crippen molar-refractivity contribution < 1.29 is 4.79 Å². The molecule has 1 amide bonds. The molecule has 1 N–H and O–H groups in total.